The van der Waals surface area contributed by atoms with Crippen LogP contribution in [0.25, 0.3) is 0 Å². The van der Waals surface area contributed by atoms with Crippen molar-refractivity contribution in [1.29, 1.82) is 0 Å². The molecule has 2 aromatic carbocycles. The lowest BCUT2D eigenvalue weighted by molar-refractivity contribution is 0.111. The minimum Gasteiger partial charge on any atom is -0.507 e. The van der Waals surface area contributed by atoms with Crippen molar-refractivity contribution in [2.45, 2.75) is 0 Å². The lowest BCUT2D eigenvalue weighted by Crippen LogP contribution is -1.81. The molecule has 0 aromatic heterocycles. The highest BCUT2D eigenvalue weighted by Gasteiger charge is 2.01. The molecule has 6 heteroatoms. The van der Waals surface area contributed by atoms with Crippen molar-refractivity contribution in [3.63, 3.8) is 0 Å². The monoisotopic (exact) mass is 358 g/mol. The van der Waals surface area contributed by atoms with Gasteiger partial charge in [-0.1, -0.05) is 17.7 Å². The number of rotatable bonds is 2. The Morgan fingerprint density at radius 1 is 1.15 bits per heavy atom. The Kier molecular flexibility index (Phi) is 6.35. The van der Waals surface area contributed by atoms with E-state index in [0.717, 1.165) is 12.1 Å². The summed E-state index contributed by atoms with van der Waals surface area (Å²) in [6.07, 6.45) is 1.16. The second kappa shape index (κ2) is 7.77. The van der Waals surface area contributed by atoms with Crippen LogP contribution < -0.4 is 0 Å². The first-order valence-electron chi connectivity index (χ1n) is 5.32. The average molecular weight is 360 g/mol. The molecule has 0 spiro atoms. The molecule has 2 aromatic rings. The predicted octanol–water partition coefficient (Wildman–Crippen LogP) is 4.26. The minimum absolute atomic E-state index is 0.00405. The number of aldehydes is 2. The van der Waals surface area contributed by atoms with Crippen LogP contribution in [0.5, 0.6) is 5.75 Å². The Morgan fingerprint density at radius 3 is 2.30 bits per heavy atom. The zero-order valence-electron chi connectivity index (χ0n) is 10.0. The lowest BCUT2D eigenvalue weighted by atomic mass is 10.2. The fourth-order valence-corrected chi connectivity index (χ4v) is 1.96. The molecule has 0 fully saturated rings. The number of carbonyl (C=O) groups excluding carboxylic acids is 2. The van der Waals surface area contributed by atoms with Crippen molar-refractivity contribution in [1.82, 2.24) is 0 Å². The van der Waals surface area contributed by atoms with Gasteiger partial charge in [0.25, 0.3) is 0 Å². The molecule has 0 unspecified atom stereocenters. The summed E-state index contributed by atoms with van der Waals surface area (Å²) in [4.78, 5) is 20.3. The number of aromatic hydroxyl groups is 1. The summed E-state index contributed by atoms with van der Waals surface area (Å²) in [5.41, 5.74) is 0.549. The van der Waals surface area contributed by atoms with E-state index >= 15 is 0 Å². The third-order valence-electron chi connectivity index (χ3n) is 2.17. The van der Waals surface area contributed by atoms with E-state index in [-0.39, 0.29) is 16.3 Å². The molecule has 1 N–H and O–H groups in total. The second-order valence-corrected chi connectivity index (χ2v) is 4.90. The van der Waals surface area contributed by atoms with Crippen LogP contribution in [0.2, 0.25) is 5.02 Å². The van der Waals surface area contributed by atoms with Crippen LogP contribution in [0.15, 0.2) is 40.9 Å². The second-order valence-electron chi connectivity index (χ2n) is 3.61. The van der Waals surface area contributed by atoms with E-state index in [4.69, 9.17) is 16.7 Å². The first-order chi connectivity index (χ1) is 9.47. The van der Waals surface area contributed by atoms with Gasteiger partial charge in [0.1, 0.15) is 17.9 Å². The summed E-state index contributed by atoms with van der Waals surface area (Å²) in [7, 11) is 0. The van der Waals surface area contributed by atoms with Crippen LogP contribution in [-0.2, 0) is 0 Å². The summed E-state index contributed by atoms with van der Waals surface area (Å²) in [5, 5.41) is 9.27. The molecule has 3 nitrogen and oxygen atoms in total. The molecule has 20 heavy (non-hydrogen) atoms. The highest BCUT2D eigenvalue weighted by atomic mass is 79.9. The molecule has 0 atom stereocenters. The standard InChI is InChI=1S/C7H5BrO2.C7H4ClFO/c8-6-2-1-3-7(10)5(6)4-9;8-6-1-5(4-10)2-7(9)3-6/h1-4,10H;1-4H. The molecule has 104 valence electrons. The van der Waals surface area contributed by atoms with E-state index in [1.165, 1.54) is 12.1 Å². The number of halogens is 3. The van der Waals surface area contributed by atoms with E-state index in [1.54, 1.807) is 12.1 Å². The zero-order valence-corrected chi connectivity index (χ0v) is 12.4. The Morgan fingerprint density at radius 2 is 1.85 bits per heavy atom. The minimum atomic E-state index is -0.491. The van der Waals surface area contributed by atoms with Gasteiger partial charge in [-0.15, -0.1) is 0 Å². The summed E-state index contributed by atoms with van der Waals surface area (Å²) in [5.74, 6) is -0.487. The van der Waals surface area contributed by atoms with Gasteiger partial charge < -0.3 is 5.11 Å². The number of phenolic OH excluding ortho intramolecular Hbond substituents is 1. The van der Waals surface area contributed by atoms with Gasteiger partial charge in [0.05, 0.1) is 5.56 Å². The molecule has 0 heterocycles. The number of phenols is 1. The predicted molar refractivity (Wildman–Crippen MR) is 78.0 cm³/mol. The van der Waals surface area contributed by atoms with Gasteiger partial charge in [-0.25, -0.2) is 4.39 Å². The van der Waals surface area contributed by atoms with Crippen molar-refractivity contribution >= 4 is 40.1 Å². The highest BCUT2D eigenvalue weighted by molar-refractivity contribution is 9.10. The van der Waals surface area contributed by atoms with Crippen molar-refractivity contribution in [3.05, 3.63) is 62.8 Å². The first kappa shape index (κ1) is 16.3. The van der Waals surface area contributed by atoms with Crippen molar-refractivity contribution in [2.75, 3.05) is 0 Å². The largest absolute Gasteiger partial charge is 0.507 e. The Balaban J connectivity index is 0.000000200. The van der Waals surface area contributed by atoms with E-state index in [2.05, 4.69) is 15.9 Å². The van der Waals surface area contributed by atoms with Crippen LogP contribution in [-0.4, -0.2) is 17.7 Å². The summed E-state index contributed by atoms with van der Waals surface area (Å²) >= 11 is 8.55. The van der Waals surface area contributed by atoms with E-state index in [1.807, 2.05) is 0 Å². The molecule has 0 aliphatic carbocycles. The number of benzene rings is 2. The first-order valence-corrected chi connectivity index (χ1v) is 6.49. The Bertz CT molecular complexity index is 591. The van der Waals surface area contributed by atoms with Crippen LogP contribution in [0.3, 0.4) is 0 Å². The molecule has 0 saturated carbocycles. The third kappa shape index (κ3) is 4.75. The quantitative estimate of drug-likeness (QED) is 0.815. The van der Waals surface area contributed by atoms with E-state index in [0.29, 0.717) is 22.6 Å². The molecule has 2 rings (SSSR count). The summed E-state index contributed by atoms with van der Waals surface area (Å²) in [6.45, 7) is 0. The number of carbonyl (C=O) groups is 2. The number of hydrogen-bond acceptors (Lipinski definition) is 3. The molecule has 0 aliphatic rings. The fourth-order valence-electron chi connectivity index (χ4n) is 1.29. The molecular weight excluding hydrogens is 351 g/mol. The van der Waals surface area contributed by atoms with Gasteiger partial charge in [0.15, 0.2) is 6.29 Å². The van der Waals surface area contributed by atoms with Gasteiger partial charge in [-0.3, -0.25) is 9.59 Å². The molecule has 0 amide bonds. The Hall–Kier alpha value is -1.72. The summed E-state index contributed by atoms with van der Waals surface area (Å²) < 4.78 is 13.0. The van der Waals surface area contributed by atoms with E-state index < -0.39 is 5.82 Å². The van der Waals surface area contributed by atoms with Crippen LogP contribution in [0.1, 0.15) is 20.7 Å². The molecule has 0 bridgehead atoms. The smallest absolute Gasteiger partial charge is 0.154 e. The average Bonchev–Trinajstić information content (AvgIpc) is 2.38. The van der Waals surface area contributed by atoms with Crippen LogP contribution >= 0.6 is 27.5 Å². The molecule has 0 aliphatic heterocycles. The highest BCUT2D eigenvalue weighted by Crippen LogP contribution is 2.22. The van der Waals surface area contributed by atoms with Gasteiger partial charge in [0.2, 0.25) is 0 Å². The van der Waals surface area contributed by atoms with Crippen LogP contribution in [0.4, 0.5) is 4.39 Å². The molecule has 0 saturated heterocycles. The topological polar surface area (TPSA) is 54.4 Å². The normalized spacial score (nSPS) is 9.35. The van der Waals surface area contributed by atoms with Crippen molar-refractivity contribution in [3.8, 4) is 5.75 Å². The van der Waals surface area contributed by atoms with Gasteiger partial charge in [-0.05, 0) is 46.3 Å². The molecule has 0 radical (unpaired) electrons. The zero-order chi connectivity index (χ0) is 15.1. The van der Waals surface area contributed by atoms with Crippen molar-refractivity contribution in [2.24, 2.45) is 0 Å². The maximum atomic E-state index is 12.4. The maximum absolute atomic E-state index is 12.4. The van der Waals surface area contributed by atoms with Gasteiger partial charge >= 0.3 is 0 Å². The van der Waals surface area contributed by atoms with E-state index in [9.17, 15) is 14.0 Å². The Labute approximate surface area is 128 Å². The molecular formula is C14H9BrClFO3. The van der Waals surface area contributed by atoms with Crippen molar-refractivity contribution < 1.29 is 19.1 Å². The van der Waals surface area contributed by atoms with Gasteiger partial charge in [0, 0.05) is 15.1 Å². The summed E-state index contributed by atoms with van der Waals surface area (Å²) in [6, 6.07) is 8.50. The third-order valence-corrected chi connectivity index (χ3v) is 3.08. The number of hydrogen-bond donors (Lipinski definition) is 1. The maximum Gasteiger partial charge on any atom is 0.154 e. The van der Waals surface area contributed by atoms with Crippen LogP contribution in [0, 0.1) is 5.82 Å². The lowest BCUT2D eigenvalue weighted by Gasteiger charge is -1.96. The SMILES string of the molecule is O=Cc1c(O)cccc1Br.O=Cc1cc(F)cc(Cl)c1. The fraction of sp³-hybridized carbons (Fsp3) is 0. The van der Waals surface area contributed by atoms with Gasteiger partial charge in [-0.2, -0.15) is 0 Å².